The van der Waals surface area contributed by atoms with Crippen LogP contribution in [0.25, 0.3) is 0 Å². The van der Waals surface area contributed by atoms with Crippen LogP contribution in [-0.4, -0.2) is 38.2 Å². The monoisotopic (exact) mass is 524 g/mol. The Kier molecular flexibility index (Phi) is 9.38. The highest BCUT2D eigenvalue weighted by Crippen LogP contribution is 2.23. The van der Waals surface area contributed by atoms with E-state index in [0.29, 0.717) is 31.2 Å². The van der Waals surface area contributed by atoms with Crippen LogP contribution < -0.4 is 21.1 Å². The second kappa shape index (κ2) is 11.8. The molecule has 4 N–H and O–H groups in total. The molecule has 1 heterocycles. The van der Waals surface area contributed by atoms with Crippen molar-refractivity contribution in [3.8, 4) is 5.75 Å². The van der Waals surface area contributed by atoms with E-state index in [9.17, 15) is 4.79 Å². The third-order valence-corrected chi connectivity index (χ3v) is 4.75. The molecule has 1 saturated heterocycles. The molecular weight excluding hydrogens is 495 g/mol. The first kappa shape index (κ1) is 23.9. The number of carbonyl (C=O) groups is 1. The third-order valence-electron chi connectivity index (χ3n) is 4.75. The Bertz CT molecular complexity index is 882. The van der Waals surface area contributed by atoms with E-state index in [4.69, 9.17) is 15.2 Å². The lowest BCUT2D eigenvalue weighted by molar-refractivity contribution is 0.1000. The number of nitrogens with one attached hydrogen (secondary N) is 2. The first-order chi connectivity index (χ1) is 14.0. The molecule has 8 heteroatoms. The molecule has 1 unspecified atom stereocenters. The summed E-state index contributed by atoms with van der Waals surface area (Å²) in [4.78, 5) is 15.6. The summed E-state index contributed by atoms with van der Waals surface area (Å²) in [6, 6.07) is 13.4. The Balaban J connectivity index is 0.00000320. The van der Waals surface area contributed by atoms with Crippen molar-refractivity contribution in [2.75, 3.05) is 20.3 Å². The van der Waals surface area contributed by atoms with E-state index in [1.54, 1.807) is 19.2 Å². The zero-order chi connectivity index (χ0) is 20.6. The molecule has 0 aromatic heterocycles. The lowest BCUT2D eigenvalue weighted by Gasteiger charge is -2.18. The van der Waals surface area contributed by atoms with Crippen molar-refractivity contribution in [1.29, 1.82) is 0 Å². The molecule has 0 bridgehead atoms. The predicted octanol–water partition coefficient (Wildman–Crippen LogP) is 2.74. The Morgan fingerprint density at radius 2 is 2.03 bits per heavy atom. The summed E-state index contributed by atoms with van der Waals surface area (Å²) in [5.41, 5.74) is 8.99. The van der Waals surface area contributed by atoms with Gasteiger partial charge >= 0.3 is 0 Å². The van der Waals surface area contributed by atoms with Gasteiger partial charge in [-0.3, -0.25) is 9.79 Å². The third kappa shape index (κ3) is 6.88. The normalized spacial score (nSPS) is 15.9. The number of rotatable bonds is 7. The SMILES string of the molecule is CN=C(NCc1cccc(C(N)=O)c1)NCc1ccc(C)cc1OC1CCOC1.I. The molecule has 1 amide bonds. The summed E-state index contributed by atoms with van der Waals surface area (Å²) >= 11 is 0. The molecule has 1 aliphatic heterocycles. The average Bonchev–Trinajstić information content (AvgIpc) is 3.22. The van der Waals surface area contributed by atoms with E-state index < -0.39 is 5.91 Å². The topological polar surface area (TPSA) is 98.0 Å². The number of guanidine groups is 1. The molecule has 162 valence electrons. The van der Waals surface area contributed by atoms with Gasteiger partial charge in [-0.05, 0) is 36.2 Å². The van der Waals surface area contributed by atoms with Crippen LogP contribution in [0.4, 0.5) is 0 Å². The van der Waals surface area contributed by atoms with E-state index in [1.165, 1.54) is 0 Å². The lowest BCUT2D eigenvalue weighted by atomic mass is 10.1. The lowest BCUT2D eigenvalue weighted by Crippen LogP contribution is -2.36. The molecule has 2 aromatic rings. The smallest absolute Gasteiger partial charge is 0.248 e. The van der Waals surface area contributed by atoms with Gasteiger partial charge in [0, 0.05) is 37.7 Å². The van der Waals surface area contributed by atoms with Gasteiger partial charge in [-0.25, -0.2) is 0 Å². The van der Waals surface area contributed by atoms with Gasteiger partial charge in [0.2, 0.25) is 5.91 Å². The Labute approximate surface area is 194 Å². The Morgan fingerprint density at radius 3 is 2.73 bits per heavy atom. The van der Waals surface area contributed by atoms with Crippen LogP contribution in [0.3, 0.4) is 0 Å². The zero-order valence-corrected chi connectivity index (χ0v) is 19.6. The number of carbonyl (C=O) groups excluding carboxylic acids is 1. The maximum atomic E-state index is 11.3. The van der Waals surface area contributed by atoms with Gasteiger partial charge in [-0.15, -0.1) is 24.0 Å². The van der Waals surface area contributed by atoms with Crippen LogP contribution in [-0.2, 0) is 17.8 Å². The molecule has 30 heavy (non-hydrogen) atoms. The fraction of sp³-hybridized carbons (Fsp3) is 0.364. The van der Waals surface area contributed by atoms with Crippen molar-refractivity contribution in [1.82, 2.24) is 10.6 Å². The van der Waals surface area contributed by atoms with Gasteiger partial charge in [-0.1, -0.05) is 24.3 Å². The highest BCUT2D eigenvalue weighted by atomic mass is 127. The fourth-order valence-electron chi connectivity index (χ4n) is 3.12. The minimum Gasteiger partial charge on any atom is -0.488 e. The maximum absolute atomic E-state index is 11.3. The number of amides is 1. The van der Waals surface area contributed by atoms with Crippen LogP contribution >= 0.6 is 24.0 Å². The zero-order valence-electron chi connectivity index (χ0n) is 17.3. The second-order valence-corrected chi connectivity index (χ2v) is 7.06. The minimum atomic E-state index is -0.436. The van der Waals surface area contributed by atoms with Crippen molar-refractivity contribution in [3.05, 3.63) is 64.7 Å². The Morgan fingerprint density at radius 1 is 1.23 bits per heavy atom. The number of aryl methyl sites for hydroxylation is 1. The molecular formula is C22H29IN4O3. The highest BCUT2D eigenvalue weighted by molar-refractivity contribution is 14.0. The first-order valence-corrected chi connectivity index (χ1v) is 9.72. The van der Waals surface area contributed by atoms with Crippen molar-refractivity contribution in [2.24, 2.45) is 10.7 Å². The number of nitrogens with two attached hydrogens (primary N) is 1. The number of aliphatic imine (C=N–C) groups is 1. The van der Waals surface area contributed by atoms with E-state index >= 15 is 0 Å². The summed E-state index contributed by atoms with van der Waals surface area (Å²) in [6.45, 7) is 4.53. The molecule has 0 saturated carbocycles. The summed E-state index contributed by atoms with van der Waals surface area (Å²) in [6.07, 6.45) is 1.01. The maximum Gasteiger partial charge on any atom is 0.248 e. The molecule has 0 radical (unpaired) electrons. The van der Waals surface area contributed by atoms with Crippen LogP contribution in [0.5, 0.6) is 5.75 Å². The van der Waals surface area contributed by atoms with Crippen LogP contribution in [0.15, 0.2) is 47.5 Å². The summed E-state index contributed by atoms with van der Waals surface area (Å²) in [5, 5.41) is 6.57. The minimum absolute atomic E-state index is 0. The van der Waals surface area contributed by atoms with Gasteiger partial charge in [0.15, 0.2) is 5.96 Å². The molecule has 7 nitrogen and oxygen atoms in total. The number of ether oxygens (including phenoxy) is 2. The predicted molar refractivity (Wildman–Crippen MR) is 128 cm³/mol. The number of halogens is 1. The molecule has 3 rings (SSSR count). The van der Waals surface area contributed by atoms with Gasteiger partial charge in [0.05, 0.1) is 13.2 Å². The summed E-state index contributed by atoms with van der Waals surface area (Å²) < 4.78 is 11.6. The van der Waals surface area contributed by atoms with E-state index in [0.717, 1.165) is 35.5 Å². The van der Waals surface area contributed by atoms with E-state index in [2.05, 4.69) is 40.7 Å². The van der Waals surface area contributed by atoms with Crippen molar-refractivity contribution in [3.63, 3.8) is 0 Å². The average molecular weight is 524 g/mol. The van der Waals surface area contributed by atoms with Gasteiger partial charge in [0.25, 0.3) is 0 Å². The standard InChI is InChI=1S/C22H28N4O3.HI/c1-15-6-7-18(20(10-15)29-19-8-9-28-14-19)13-26-22(24-2)25-12-16-4-3-5-17(11-16)21(23)27;/h3-7,10-11,19H,8-9,12-14H2,1-2H3,(H2,23,27)(H2,24,25,26);1H. The number of nitrogens with zero attached hydrogens (tertiary/aromatic N) is 1. The van der Waals surface area contributed by atoms with Crippen LogP contribution in [0.2, 0.25) is 0 Å². The fourth-order valence-corrected chi connectivity index (χ4v) is 3.12. The van der Waals surface area contributed by atoms with Crippen LogP contribution in [0, 0.1) is 6.92 Å². The number of primary amides is 1. The molecule has 0 aliphatic carbocycles. The number of hydrogen-bond donors (Lipinski definition) is 3. The Hall–Kier alpha value is -2.33. The number of benzene rings is 2. The summed E-state index contributed by atoms with van der Waals surface area (Å²) in [5.74, 6) is 1.09. The molecule has 2 aromatic carbocycles. The highest BCUT2D eigenvalue weighted by Gasteiger charge is 2.18. The molecule has 0 spiro atoms. The molecule has 1 atom stereocenters. The van der Waals surface area contributed by atoms with Crippen molar-refractivity contribution < 1.29 is 14.3 Å². The van der Waals surface area contributed by atoms with E-state index in [1.807, 2.05) is 12.1 Å². The first-order valence-electron chi connectivity index (χ1n) is 9.72. The van der Waals surface area contributed by atoms with Gasteiger partial charge < -0.3 is 25.8 Å². The molecule has 1 fully saturated rings. The van der Waals surface area contributed by atoms with Gasteiger partial charge in [-0.2, -0.15) is 0 Å². The van der Waals surface area contributed by atoms with Crippen molar-refractivity contribution in [2.45, 2.75) is 32.5 Å². The van der Waals surface area contributed by atoms with Crippen LogP contribution in [0.1, 0.15) is 33.5 Å². The molecule has 1 aliphatic rings. The van der Waals surface area contributed by atoms with Gasteiger partial charge in [0.1, 0.15) is 11.9 Å². The van der Waals surface area contributed by atoms with E-state index in [-0.39, 0.29) is 30.1 Å². The summed E-state index contributed by atoms with van der Waals surface area (Å²) in [7, 11) is 1.72. The largest absolute Gasteiger partial charge is 0.488 e. The van der Waals surface area contributed by atoms with Crippen molar-refractivity contribution >= 4 is 35.8 Å². The second-order valence-electron chi connectivity index (χ2n) is 7.06. The number of hydrogen-bond acceptors (Lipinski definition) is 4. The quantitative estimate of drug-likeness (QED) is 0.294.